The maximum Gasteiger partial charge on any atom is 0.249 e. The summed E-state index contributed by atoms with van der Waals surface area (Å²) in [4.78, 5) is 11.0. The van der Waals surface area contributed by atoms with Crippen LogP contribution in [0, 0.1) is 11.3 Å². The first kappa shape index (κ1) is 8.02. The highest BCUT2D eigenvalue weighted by Crippen LogP contribution is 2.11. The van der Waals surface area contributed by atoms with Gasteiger partial charge >= 0.3 is 0 Å². The lowest BCUT2D eigenvalue weighted by molar-refractivity contribution is -0.129. The molecular weight excluding hydrogens is 144 g/mol. The van der Waals surface area contributed by atoms with E-state index in [9.17, 15) is 4.79 Å². The minimum absolute atomic E-state index is 0.0681. The Morgan fingerprint density at radius 2 is 2.64 bits per heavy atom. The van der Waals surface area contributed by atoms with Crippen molar-refractivity contribution in [2.45, 2.75) is 18.9 Å². The molecule has 0 radical (unpaired) electrons. The number of ether oxygens (including phenoxy) is 1. The number of carbonyl (C=O) groups excluding carboxylic acids is 1. The van der Waals surface area contributed by atoms with Crippen molar-refractivity contribution in [2.75, 3.05) is 13.2 Å². The van der Waals surface area contributed by atoms with E-state index >= 15 is 0 Å². The SMILES string of the molecule is N#CCNC(=O)C1CCCO1. The van der Waals surface area contributed by atoms with Crippen LogP contribution in [0.3, 0.4) is 0 Å². The van der Waals surface area contributed by atoms with E-state index in [4.69, 9.17) is 10.00 Å². The predicted octanol–water partition coefficient (Wildman–Crippen LogP) is -0.195. The van der Waals surface area contributed by atoms with Gasteiger partial charge in [0.1, 0.15) is 12.6 Å². The molecule has 0 bridgehead atoms. The van der Waals surface area contributed by atoms with E-state index in [2.05, 4.69) is 5.32 Å². The highest BCUT2D eigenvalue weighted by atomic mass is 16.5. The Labute approximate surface area is 65.1 Å². The molecule has 0 aromatic rings. The summed E-state index contributed by atoms with van der Waals surface area (Å²) in [7, 11) is 0. The fourth-order valence-corrected chi connectivity index (χ4v) is 1.02. The van der Waals surface area contributed by atoms with E-state index in [0.717, 1.165) is 12.8 Å². The van der Waals surface area contributed by atoms with Crippen LogP contribution in [0.4, 0.5) is 0 Å². The summed E-state index contributed by atoms with van der Waals surface area (Å²) in [6.45, 7) is 0.726. The predicted molar refractivity (Wildman–Crippen MR) is 37.6 cm³/mol. The van der Waals surface area contributed by atoms with Gasteiger partial charge in [0.25, 0.3) is 0 Å². The zero-order valence-electron chi connectivity index (χ0n) is 6.17. The van der Waals surface area contributed by atoms with Gasteiger partial charge in [-0.25, -0.2) is 0 Å². The smallest absolute Gasteiger partial charge is 0.249 e. The largest absolute Gasteiger partial charge is 0.368 e. The Morgan fingerprint density at radius 1 is 1.82 bits per heavy atom. The van der Waals surface area contributed by atoms with Crippen LogP contribution in [-0.2, 0) is 9.53 Å². The standard InChI is InChI=1S/C7H10N2O2/c8-3-4-9-7(10)6-2-1-5-11-6/h6H,1-2,4-5H2,(H,9,10). The lowest BCUT2D eigenvalue weighted by Crippen LogP contribution is -2.34. The van der Waals surface area contributed by atoms with Gasteiger partial charge in [-0.15, -0.1) is 0 Å². The number of nitriles is 1. The Morgan fingerprint density at radius 3 is 3.18 bits per heavy atom. The number of amides is 1. The van der Waals surface area contributed by atoms with Crippen molar-refractivity contribution in [3.8, 4) is 6.07 Å². The van der Waals surface area contributed by atoms with Gasteiger partial charge < -0.3 is 10.1 Å². The lowest BCUT2D eigenvalue weighted by Gasteiger charge is -2.06. The van der Waals surface area contributed by atoms with Gasteiger partial charge in [0.2, 0.25) is 5.91 Å². The van der Waals surface area contributed by atoms with Crippen LogP contribution >= 0.6 is 0 Å². The monoisotopic (exact) mass is 154 g/mol. The second-order valence-corrected chi connectivity index (χ2v) is 2.38. The lowest BCUT2D eigenvalue weighted by atomic mass is 10.2. The van der Waals surface area contributed by atoms with E-state index < -0.39 is 0 Å². The topological polar surface area (TPSA) is 62.1 Å². The number of hydrogen-bond donors (Lipinski definition) is 1. The van der Waals surface area contributed by atoms with E-state index in [0.29, 0.717) is 6.61 Å². The minimum Gasteiger partial charge on any atom is -0.368 e. The third-order valence-electron chi connectivity index (χ3n) is 1.56. The zero-order chi connectivity index (χ0) is 8.10. The van der Waals surface area contributed by atoms with Crippen LogP contribution in [0.5, 0.6) is 0 Å². The first-order chi connectivity index (χ1) is 5.34. The number of hydrogen-bond acceptors (Lipinski definition) is 3. The average Bonchev–Trinajstić information content (AvgIpc) is 2.52. The van der Waals surface area contributed by atoms with E-state index in [-0.39, 0.29) is 18.6 Å². The molecule has 1 amide bonds. The average molecular weight is 154 g/mol. The molecule has 1 aliphatic rings. The zero-order valence-corrected chi connectivity index (χ0v) is 6.17. The normalized spacial score (nSPS) is 22.6. The molecule has 1 heterocycles. The third-order valence-corrected chi connectivity index (χ3v) is 1.56. The molecule has 1 rings (SSSR count). The van der Waals surface area contributed by atoms with Crippen LogP contribution < -0.4 is 5.32 Å². The van der Waals surface area contributed by atoms with Gasteiger partial charge in [-0.1, -0.05) is 0 Å². The van der Waals surface area contributed by atoms with Crippen molar-refractivity contribution in [3.05, 3.63) is 0 Å². The molecule has 0 aromatic carbocycles. The van der Waals surface area contributed by atoms with Crippen molar-refractivity contribution in [2.24, 2.45) is 0 Å². The van der Waals surface area contributed by atoms with Crippen LogP contribution in [0.2, 0.25) is 0 Å². The van der Waals surface area contributed by atoms with E-state index in [1.54, 1.807) is 0 Å². The summed E-state index contributed by atoms with van der Waals surface area (Å²) >= 11 is 0. The van der Waals surface area contributed by atoms with Crippen LogP contribution in [0.25, 0.3) is 0 Å². The van der Waals surface area contributed by atoms with Gasteiger partial charge in [0.15, 0.2) is 0 Å². The Kier molecular flexibility index (Phi) is 2.87. The first-order valence-electron chi connectivity index (χ1n) is 3.61. The van der Waals surface area contributed by atoms with Gasteiger partial charge in [0, 0.05) is 6.61 Å². The van der Waals surface area contributed by atoms with E-state index in [1.165, 1.54) is 0 Å². The molecule has 0 spiro atoms. The number of nitrogens with zero attached hydrogens (tertiary/aromatic N) is 1. The quantitative estimate of drug-likeness (QED) is 0.560. The second-order valence-electron chi connectivity index (χ2n) is 2.38. The number of nitrogens with one attached hydrogen (secondary N) is 1. The summed E-state index contributed by atoms with van der Waals surface area (Å²) < 4.78 is 5.09. The van der Waals surface area contributed by atoms with E-state index in [1.807, 2.05) is 6.07 Å². The van der Waals surface area contributed by atoms with Crippen LogP contribution in [-0.4, -0.2) is 25.2 Å². The number of carbonyl (C=O) groups is 1. The fourth-order valence-electron chi connectivity index (χ4n) is 1.02. The molecule has 0 aliphatic carbocycles. The molecule has 4 heteroatoms. The van der Waals surface area contributed by atoms with Gasteiger partial charge in [-0.3, -0.25) is 4.79 Å². The minimum atomic E-state index is -0.316. The molecule has 4 nitrogen and oxygen atoms in total. The molecular formula is C7H10N2O2. The van der Waals surface area contributed by atoms with Gasteiger partial charge in [-0.2, -0.15) is 5.26 Å². The molecule has 0 aromatic heterocycles. The first-order valence-corrected chi connectivity index (χ1v) is 3.61. The number of rotatable bonds is 2. The van der Waals surface area contributed by atoms with Crippen molar-refractivity contribution in [3.63, 3.8) is 0 Å². The summed E-state index contributed by atoms with van der Waals surface area (Å²) in [5, 5.41) is 10.6. The summed E-state index contributed by atoms with van der Waals surface area (Å²) in [5.41, 5.74) is 0. The molecule has 1 aliphatic heterocycles. The molecule has 1 atom stereocenters. The highest BCUT2D eigenvalue weighted by Gasteiger charge is 2.22. The maximum absolute atomic E-state index is 11.0. The summed E-state index contributed by atoms with van der Waals surface area (Å²) in [6, 6.07) is 1.83. The van der Waals surface area contributed by atoms with Gasteiger partial charge in [-0.05, 0) is 12.8 Å². The van der Waals surface area contributed by atoms with Crippen molar-refractivity contribution < 1.29 is 9.53 Å². The van der Waals surface area contributed by atoms with Crippen molar-refractivity contribution in [1.82, 2.24) is 5.32 Å². The maximum atomic E-state index is 11.0. The van der Waals surface area contributed by atoms with Crippen LogP contribution in [0.15, 0.2) is 0 Å². The van der Waals surface area contributed by atoms with Gasteiger partial charge in [0.05, 0.1) is 6.07 Å². The van der Waals surface area contributed by atoms with Crippen molar-refractivity contribution >= 4 is 5.91 Å². The van der Waals surface area contributed by atoms with Crippen LogP contribution in [0.1, 0.15) is 12.8 Å². The Balaban J connectivity index is 2.24. The third kappa shape index (κ3) is 2.20. The molecule has 1 saturated heterocycles. The second kappa shape index (κ2) is 3.94. The summed E-state index contributed by atoms with van der Waals surface area (Å²) in [6.07, 6.45) is 1.39. The summed E-state index contributed by atoms with van der Waals surface area (Å²) in [5.74, 6) is -0.163. The fraction of sp³-hybridized carbons (Fsp3) is 0.714. The molecule has 0 saturated carbocycles. The Bertz CT molecular complexity index is 179. The molecule has 11 heavy (non-hydrogen) atoms. The molecule has 1 fully saturated rings. The molecule has 1 unspecified atom stereocenters. The highest BCUT2D eigenvalue weighted by molar-refractivity contribution is 5.81. The molecule has 1 N–H and O–H groups in total. The Hall–Kier alpha value is -1.08. The molecule has 60 valence electrons. The van der Waals surface area contributed by atoms with Crippen molar-refractivity contribution in [1.29, 1.82) is 5.26 Å².